The second-order valence-corrected chi connectivity index (χ2v) is 4.08. The van der Waals surface area contributed by atoms with Crippen LogP contribution >= 0.6 is 15.9 Å². The van der Waals surface area contributed by atoms with Crippen LogP contribution in [0.25, 0.3) is 0 Å². The minimum absolute atomic E-state index is 0.0604. The van der Waals surface area contributed by atoms with Crippen molar-refractivity contribution in [2.24, 2.45) is 5.16 Å². The van der Waals surface area contributed by atoms with Crippen molar-refractivity contribution in [1.82, 2.24) is 0 Å². The number of hydrogen-bond donors (Lipinski definition) is 0. The lowest BCUT2D eigenvalue weighted by Gasteiger charge is -2.01. The molecule has 5 nitrogen and oxygen atoms in total. The molecule has 1 aromatic carbocycles. The Kier molecular flexibility index (Phi) is 3.19. The summed E-state index contributed by atoms with van der Waals surface area (Å²) >= 11 is 3.32. The third kappa shape index (κ3) is 2.21. The molecule has 1 atom stereocenters. The van der Waals surface area contributed by atoms with Gasteiger partial charge in [-0.15, -0.1) is 0 Å². The van der Waals surface area contributed by atoms with Gasteiger partial charge in [-0.05, 0) is 17.7 Å². The predicted molar refractivity (Wildman–Crippen MR) is 62.9 cm³/mol. The average Bonchev–Trinajstić information content (AvgIpc) is 2.77. The molecule has 0 aliphatic carbocycles. The molecule has 16 heavy (non-hydrogen) atoms. The second kappa shape index (κ2) is 4.61. The molecule has 1 aromatic rings. The van der Waals surface area contributed by atoms with Crippen molar-refractivity contribution in [1.29, 1.82) is 0 Å². The minimum atomic E-state index is -0.419. The Balaban J connectivity index is 2.14. The zero-order chi connectivity index (χ0) is 11.5. The molecule has 2 rings (SSSR count). The summed E-state index contributed by atoms with van der Waals surface area (Å²) in [5.41, 5.74) is 1.79. The molecule has 1 aliphatic heterocycles. The van der Waals surface area contributed by atoms with E-state index in [9.17, 15) is 10.1 Å². The van der Waals surface area contributed by atoms with E-state index in [2.05, 4.69) is 21.1 Å². The maximum Gasteiger partial charge on any atom is 0.269 e. The quantitative estimate of drug-likeness (QED) is 0.487. The van der Waals surface area contributed by atoms with Crippen LogP contribution in [0, 0.1) is 10.1 Å². The predicted octanol–water partition coefficient (Wildman–Crippen LogP) is 2.48. The zero-order valence-electron chi connectivity index (χ0n) is 8.30. The standard InChI is InChI=1S/C10H9BrN2O3/c11-6-9-5-10(12-16-9)7-1-3-8(4-2-7)13(14)15/h1-4,9H,5-6H2/t9-/m1/s1. The number of nitro groups is 1. The number of non-ortho nitro benzene ring substituents is 1. The Hall–Kier alpha value is -1.43. The zero-order valence-corrected chi connectivity index (χ0v) is 9.88. The van der Waals surface area contributed by atoms with Gasteiger partial charge in [0.1, 0.15) is 6.10 Å². The van der Waals surface area contributed by atoms with Crippen LogP contribution in [0.3, 0.4) is 0 Å². The molecule has 0 bridgehead atoms. The van der Waals surface area contributed by atoms with Gasteiger partial charge in [0.25, 0.3) is 5.69 Å². The smallest absolute Gasteiger partial charge is 0.269 e. The largest absolute Gasteiger partial charge is 0.391 e. The molecule has 0 unspecified atom stereocenters. The van der Waals surface area contributed by atoms with E-state index in [-0.39, 0.29) is 11.8 Å². The number of alkyl halides is 1. The first kappa shape index (κ1) is 11.1. The highest BCUT2D eigenvalue weighted by atomic mass is 79.9. The van der Waals surface area contributed by atoms with Gasteiger partial charge in [0.2, 0.25) is 0 Å². The summed E-state index contributed by atoms with van der Waals surface area (Å²) in [4.78, 5) is 15.2. The van der Waals surface area contributed by atoms with Crippen LogP contribution in [-0.2, 0) is 4.84 Å². The SMILES string of the molecule is O=[N+]([O-])c1ccc(C2=NO[C@@H](CBr)C2)cc1. The highest BCUT2D eigenvalue weighted by Crippen LogP contribution is 2.20. The van der Waals surface area contributed by atoms with Gasteiger partial charge in [0, 0.05) is 23.9 Å². The normalized spacial score (nSPS) is 19.1. The molecule has 1 heterocycles. The van der Waals surface area contributed by atoms with Gasteiger partial charge in [0.15, 0.2) is 0 Å². The van der Waals surface area contributed by atoms with Crippen LogP contribution in [0.4, 0.5) is 5.69 Å². The molecular formula is C10H9BrN2O3. The molecule has 0 aromatic heterocycles. The molecule has 6 heteroatoms. The number of rotatable bonds is 3. The van der Waals surface area contributed by atoms with Gasteiger partial charge in [-0.3, -0.25) is 10.1 Å². The van der Waals surface area contributed by atoms with Gasteiger partial charge >= 0.3 is 0 Å². The van der Waals surface area contributed by atoms with E-state index in [0.717, 1.165) is 23.0 Å². The van der Waals surface area contributed by atoms with E-state index in [1.165, 1.54) is 12.1 Å². The van der Waals surface area contributed by atoms with E-state index in [4.69, 9.17) is 4.84 Å². The number of benzene rings is 1. The van der Waals surface area contributed by atoms with Crippen molar-refractivity contribution in [3.8, 4) is 0 Å². The van der Waals surface area contributed by atoms with Gasteiger partial charge in [-0.1, -0.05) is 21.1 Å². The van der Waals surface area contributed by atoms with Gasteiger partial charge in [-0.25, -0.2) is 0 Å². The number of hydrogen-bond acceptors (Lipinski definition) is 4. The molecule has 0 amide bonds. The van der Waals surface area contributed by atoms with Crippen LogP contribution in [0.15, 0.2) is 29.4 Å². The Morgan fingerprint density at radius 2 is 2.19 bits per heavy atom. The summed E-state index contributed by atoms with van der Waals surface area (Å²) in [6, 6.07) is 6.33. The first-order valence-corrected chi connectivity index (χ1v) is 5.86. The Morgan fingerprint density at radius 1 is 1.50 bits per heavy atom. The molecular weight excluding hydrogens is 276 g/mol. The van der Waals surface area contributed by atoms with Crippen LogP contribution < -0.4 is 0 Å². The van der Waals surface area contributed by atoms with E-state index in [1.54, 1.807) is 12.1 Å². The maximum absolute atomic E-state index is 10.5. The van der Waals surface area contributed by atoms with Crippen LogP contribution in [-0.4, -0.2) is 22.1 Å². The fraction of sp³-hybridized carbons (Fsp3) is 0.300. The highest BCUT2D eigenvalue weighted by Gasteiger charge is 2.21. The Morgan fingerprint density at radius 3 is 2.69 bits per heavy atom. The molecule has 0 saturated heterocycles. The van der Waals surface area contributed by atoms with Crippen LogP contribution in [0.5, 0.6) is 0 Å². The minimum Gasteiger partial charge on any atom is -0.391 e. The van der Waals surface area contributed by atoms with E-state index < -0.39 is 4.92 Å². The monoisotopic (exact) mass is 284 g/mol. The molecule has 0 N–H and O–H groups in total. The first-order valence-electron chi connectivity index (χ1n) is 4.74. The van der Waals surface area contributed by atoms with E-state index in [1.807, 2.05) is 0 Å². The number of nitrogens with zero attached hydrogens (tertiary/aromatic N) is 2. The number of halogens is 1. The van der Waals surface area contributed by atoms with Crippen molar-refractivity contribution in [3.63, 3.8) is 0 Å². The number of oxime groups is 1. The second-order valence-electron chi connectivity index (χ2n) is 3.43. The van der Waals surface area contributed by atoms with Crippen molar-refractivity contribution < 1.29 is 9.76 Å². The van der Waals surface area contributed by atoms with Gasteiger partial charge in [0.05, 0.1) is 10.6 Å². The summed E-state index contributed by atoms with van der Waals surface area (Å²) in [7, 11) is 0. The topological polar surface area (TPSA) is 64.7 Å². The Labute approximate surface area is 100 Å². The lowest BCUT2D eigenvalue weighted by atomic mass is 10.1. The molecule has 84 valence electrons. The molecule has 0 spiro atoms. The van der Waals surface area contributed by atoms with Crippen molar-refractivity contribution >= 4 is 27.3 Å². The summed E-state index contributed by atoms with van der Waals surface area (Å²) in [5, 5.41) is 15.2. The summed E-state index contributed by atoms with van der Waals surface area (Å²) in [5.74, 6) is 0. The third-order valence-electron chi connectivity index (χ3n) is 2.32. The first-order chi connectivity index (χ1) is 7.70. The molecule has 0 fully saturated rings. The summed E-state index contributed by atoms with van der Waals surface area (Å²) in [6.07, 6.45) is 0.786. The summed E-state index contributed by atoms with van der Waals surface area (Å²) < 4.78 is 0. The lowest BCUT2D eigenvalue weighted by molar-refractivity contribution is -0.384. The Bertz CT molecular complexity index is 430. The molecule has 0 radical (unpaired) electrons. The van der Waals surface area contributed by atoms with Gasteiger partial charge < -0.3 is 4.84 Å². The lowest BCUT2D eigenvalue weighted by Crippen LogP contribution is -2.09. The van der Waals surface area contributed by atoms with Crippen LogP contribution in [0.2, 0.25) is 0 Å². The highest BCUT2D eigenvalue weighted by molar-refractivity contribution is 9.09. The van der Waals surface area contributed by atoms with Crippen LogP contribution in [0.1, 0.15) is 12.0 Å². The molecule has 0 saturated carbocycles. The third-order valence-corrected chi connectivity index (χ3v) is 3.04. The number of nitro benzene ring substituents is 1. The van der Waals surface area contributed by atoms with E-state index in [0.29, 0.717) is 0 Å². The van der Waals surface area contributed by atoms with Gasteiger partial charge in [-0.2, -0.15) is 0 Å². The fourth-order valence-electron chi connectivity index (χ4n) is 1.46. The van der Waals surface area contributed by atoms with E-state index >= 15 is 0 Å². The summed E-state index contributed by atoms with van der Waals surface area (Å²) in [6.45, 7) is 0. The van der Waals surface area contributed by atoms with Crippen molar-refractivity contribution in [3.05, 3.63) is 39.9 Å². The molecule has 1 aliphatic rings. The maximum atomic E-state index is 10.5. The van der Waals surface area contributed by atoms with Crippen molar-refractivity contribution in [2.75, 3.05) is 5.33 Å². The average molecular weight is 285 g/mol. The fourth-order valence-corrected chi connectivity index (χ4v) is 1.80. The van der Waals surface area contributed by atoms with Crippen molar-refractivity contribution in [2.45, 2.75) is 12.5 Å².